The zero-order valence-corrected chi connectivity index (χ0v) is 16.2. The first kappa shape index (κ1) is 17.7. The fraction of sp³-hybridized carbons (Fsp3) is 0.917. The Hall–Kier alpha value is 0.353. The number of hydrogen-bond donors (Lipinski definition) is 1. The van der Waals surface area contributed by atoms with Gasteiger partial charge in [-0.05, 0) is 25.2 Å². The van der Waals surface area contributed by atoms with Crippen LogP contribution in [0.2, 0.25) is 0 Å². The van der Waals surface area contributed by atoms with Crippen molar-refractivity contribution in [2.24, 2.45) is 11.3 Å². The van der Waals surface area contributed by atoms with E-state index in [2.05, 4.69) is 13.8 Å². The summed E-state index contributed by atoms with van der Waals surface area (Å²) in [6.07, 6.45) is 4.58. The van der Waals surface area contributed by atoms with Crippen molar-refractivity contribution in [1.29, 1.82) is 0 Å². The molecule has 0 fully saturated rings. The Morgan fingerprint density at radius 3 is 1.87 bits per heavy atom. The average molecular weight is 412 g/mol. The first-order valence-corrected chi connectivity index (χ1v) is 5.82. The first-order valence-electron chi connectivity index (χ1n) is 5.82. The van der Waals surface area contributed by atoms with E-state index in [0.29, 0.717) is 5.92 Å². The third-order valence-electron chi connectivity index (χ3n) is 3.60. The van der Waals surface area contributed by atoms with Crippen LogP contribution in [0.25, 0.3) is 0 Å². The van der Waals surface area contributed by atoms with E-state index >= 15 is 0 Å². The van der Waals surface area contributed by atoms with E-state index in [0.717, 1.165) is 32.1 Å². The number of rotatable bonds is 7. The SMILES string of the molecule is CCCC(CC)C(CC)(CC)C(=O)O.[BiH3]. The van der Waals surface area contributed by atoms with E-state index in [1.807, 2.05) is 13.8 Å². The molecular weight excluding hydrogens is 385 g/mol. The molecule has 1 unspecified atom stereocenters. The van der Waals surface area contributed by atoms with E-state index in [1.165, 1.54) is 0 Å². The Morgan fingerprint density at radius 1 is 1.20 bits per heavy atom. The Morgan fingerprint density at radius 2 is 1.67 bits per heavy atom. The minimum atomic E-state index is -0.609. The number of aliphatic carboxylic acids is 1. The normalized spacial score (nSPS) is 13.1. The molecule has 3 heteroatoms. The van der Waals surface area contributed by atoms with Crippen LogP contribution in [0, 0.1) is 11.3 Å². The van der Waals surface area contributed by atoms with Crippen LogP contribution in [-0.4, -0.2) is 37.3 Å². The molecule has 1 atom stereocenters. The van der Waals surface area contributed by atoms with E-state index in [4.69, 9.17) is 0 Å². The van der Waals surface area contributed by atoms with E-state index in [9.17, 15) is 9.90 Å². The quantitative estimate of drug-likeness (QED) is 0.653. The molecule has 0 bridgehead atoms. The molecule has 0 aliphatic heterocycles. The van der Waals surface area contributed by atoms with Crippen LogP contribution in [0.15, 0.2) is 0 Å². The summed E-state index contributed by atoms with van der Waals surface area (Å²) in [5.74, 6) is -0.275. The van der Waals surface area contributed by atoms with Gasteiger partial charge < -0.3 is 5.11 Å². The number of hydrogen-bond acceptors (Lipinski definition) is 1. The van der Waals surface area contributed by atoms with Crippen molar-refractivity contribution in [3.05, 3.63) is 0 Å². The van der Waals surface area contributed by atoms with Crippen molar-refractivity contribution in [2.75, 3.05) is 0 Å². The molecule has 0 rings (SSSR count). The molecule has 0 aliphatic rings. The second-order valence-electron chi connectivity index (χ2n) is 4.06. The molecule has 0 heterocycles. The molecule has 92 valence electrons. The summed E-state index contributed by atoms with van der Waals surface area (Å²) >= 11 is 0. The van der Waals surface area contributed by atoms with Crippen molar-refractivity contribution in [3.63, 3.8) is 0 Å². The molecule has 0 saturated carbocycles. The maximum atomic E-state index is 11.4. The number of carboxylic acid groups (broad SMARTS) is 1. The van der Waals surface area contributed by atoms with Gasteiger partial charge >= 0.3 is 32.2 Å². The van der Waals surface area contributed by atoms with Crippen molar-refractivity contribution in [3.8, 4) is 0 Å². The second kappa shape index (κ2) is 8.50. The Balaban J connectivity index is 0. The molecule has 0 aromatic carbocycles. The van der Waals surface area contributed by atoms with Crippen LogP contribution in [0.1, 0.15) is 59.8 Å². The molecule has 0 radical (unpaired) electrons. The van der Waals surface area contributed by atoms with Gasteiger partial charge in [-0.3, -0.25) is 4.79 Å². The van der Waals surface area contributed by atoms with Crippen LogP contribution in [0.5, 0.6) is 0 Å². The molecule has 0 aliphatic carbocycles. The van der Waals surface area contributed by atoms with Gasteiger partial charge in [0.15, 0.2) is 0 Å². The summed E-state index contributed by atoms with van der Waals surface area (Å²) < 4.78 is 0. The van der Waals surface area contributed by atoms with Gasteiger partial charge in [0, 0.05) is 0 Å². The Kier molecular flexibility index (Phi) is 10.1. The molecular formula is C12H27BiO2. The molecule has 0 amide bonds. The first-order chi connectivity index (χ1) is 6.58. The summed E-state index contributed by atoms with van der Waals surface area (Å²) in [6, 6.07) is 0. The summed E-state index contributed by atoms with van der Waals surface area (Å²) in [5.41, 5.74) is -0.481. The van der Waals surface area contributed by atoms with Crippen LogP contribution >= 0.6 is 0 Å². The van der Waals surface area contributed by atoms with Crippen LogP contribution < -0.4 is 0 Å². The fourth-order valence-electron chi connectivity index (χ4n) is 2.52. The third-order valence-corrected chi connectivity index (χ3v) is 3.60. The van der Waals surface area contributed by atoms with Crippen molar-refractivity contribution in [1.82, 2.24) is 0 Å². The molecule has 2 nitrogen and oxygen atoms in total. The summed E-state index contributed by atoms with van der Waals surface area (Å²) in [5, 5.41) is 9.35. The summed E-state index contributed by atoms with van der Waals surface area (Å²) in [4.78, 5) is 11.4. The van der Waals surface area contributed by atoms with Gasteiger partial charge in [-0.25, -0.2) is 0 Å². The predicted octanol–water partition coefficient (Wildman–Crippen LogP) is 2.52. The summed E-state index contributed by atoms with van der Waals surface area (Å²) in [6.45, 7) is 8.22. The zero-order chi connectivity index (χ0) is 11.2. The zero-order valence-electron chi connectivity index (χ0n) is 10.7. The Bertz CT molecular complexity index is 176. The second-order valence-corrected chi connectivity index (χ2v) is 4.06. The van der Waals surface area contributed by atoms with Gasteiger partial charge in [0.05, 0.1) is 5.41 Å². The van der Waals surface area contributed by atoms with E-state index in [1.54, 1.807) is 0 Å². The van der Waals surface area contributed by atoms with Gasteiger partial charge in [0.2, 0.25) is 0 Å². The minimum absolute atomic E-state index is 0. The van der Waals surface area contributed by atoms with Crippen molar-refractivity contribution < 1.29 is 9.90 Å². The summed E-state index contributed by atoms with van der Waals surface area (Å²) in [7, 11) is 0. The molecule has 15 heavy (non-hydrogen) atoms. The predicted molar refractivity (Wildman–Crippen MR) is 69.3 cm³/mol. The van der Waals surface area contributed by atoms with Gasteiger partial charge in [-0.1, -0.05) is 40.5 Å². The maximum absolute atomic E-state index is 11.4. The fourth-order valence-corrected chi connectivity index (χ4v) is 2.52. The van der Waals surface area contributed by atoms with Crippen molar-refractivity contribution >= 4 is 32.2 Å². The Labute approximate surface area is 113 Å². The average Bonchev–Trinajstić information content (AvgIpc) is 2.18. The van der Waals surface area contributed by atoms with Gasteiger partial charge in [-0.2, -0.15) is 0 Å². The van der Waals surface area contributed by atoms with Gasteiger partial charge in [0.1, 0.15) is 0 Å². The van der Waals surface area contributed by atoms with E-state index in [-0.39, 0.29) is 26.2 Å². The molecule has 0 spiro atoms. The molecule has 0 aromatic rings. The van der Waals surface area contributed by atoms with E-state index < -0.39 is 11.4 Å². The topological polar surface area (TPSA) is 37.3 Å². The number of carboxylic acids is 1. The standard InChI is InChI=1S/C12H24O2.Bi.3H/c1-5-9-10(6-2)12(7-3,8-4)11(13)14;;;;/h10H,5-9H2,1-4H3,(H,13,14);;;;. The van der Waals surface area contributed by atoms with Gasteiger partial charge in [-0.15, -0.1) is 0 Å². The number of carbonyl (C=O) groups is 1. The third kappa shape index (κ3) is 4.02. The van der Waals surface area contributed by atoms with Crippen molar-refractivity contribution in [2.45, 2.75) is 59.8 Å². The van der Waals surface area contributed by atoms with Gasteiger partial charge in [0.25, 0.3) is 0 Å². The molecule has 0 saturated heterocycles. The van der Waals surface area contributed by atoms with Crippen LogP contribution in [-0.2, 0) is 4.79 Å². The molecule has 0 aromatic heterocycles. The van der Waals surface area contributed by atoms with Crippen LogP contribution in [0.3, 0.4) is 0 Å². The molecule has 1 N–H and O–H groups in total. The monoisotopic (exact) mass is 412 g/mol. The van der Waals surface area contributed by atoms with Crippen LogP contribution in [0.4, 0.5) is 0 Å².